The van der Waals surface area contributed by atoms with Crippen LogP contribution in [0, 0.1) is 29.5 Å². The summed E-state index contributed by atoms with van der Waals surface area (Å²) in [6, 6.07) is 10.3. The Morgan fingerprint density at radius 2 is 2.08 bits per heavy atom. The molecule has 7 heteroatoms. The SMILES string of the molecule is CCOC(=O)NC12CC3CCCCC3C(/C=C/c3ccc(-c4cccc(F)c4)cn3)C1[C@@H](C)OC2=O. The van der Waals surface area contributed by atoms with E-state index in [-0.39, 0.29) is 36.3 Å². The van der Waals surface area contributed by atoms with Crippen LogP contribution in [0.25, 0.3) is 17.2 Å². The first-order valence-corrected chi connectivity index (χ1v) is 13.0. The molecule has 0 spiro atoms. The first kappa shape index (κ1) is 24.5. The Morgan fingerprint density at radius 1 is 1.25 bits per heavy atom. The molecule has 5 rings (SSSR count). The Morgan fingerprint density at radius 3 is 2.83 bits per heavy atom. The van der Waals surface area contributed by atoms with E-state index < -0.39 is 11.6 Å². The Balaban J connectivity index is 1.45. The highest BCUT2D eigenvalue weighted by Gasteiger charge is 2.64. The summed E-state index contributed by atoms with van der Waals surface area (Å²) in [4.78, 5) is 30.3. The zero-order chi connectivity index (χ0) is 25.3. The molecule has 36 heavy (non-hydrogen) atoms. The van der Waals surface area contributed by atoms with Gasteiger partial charge in [0, 0.05) is 17.7 Å². The number of aromatic nitrogens is 1. The molecular formula is C29H33FN2O4. The van der Waals surface area contributed by atoms with Gasteiger partial charge in [-0.25, -0.2) is 14.0 Å². The zero-order valence-electron chi connectivity index (χ0n) is 20.8. The summed E-state index contributed by atoms with van der Waals surface area (Å²) in [5.41, 5.74) is 1.33. The summed E-state index contributed by atoms with van der Waals surface area (Å²) in [7, 11) is 0. The second-order valence-electron chi connectivity index (χ2n) is 10.3. The minimum absolute atomic E-state index is 0.0529. The number of nitrogens with zero attached hydrogens (tertiary/aromatic N) is 1. The molecule has 1 N–H and O–H groups in total. The standard InChI is InChI=1S/C29H33FN2O4/c1-3-35-28(34)32-29-16-20-7-4-5-10-24(20)25(26(29)18(2)36-27(29)33)14-13-23-12-11-21(17-31-23)19-8-6-9-22(30)15-19/h6,8-9,11-15,17-18,20,24-26H,3-5,7,10,16H2,1-2H3,(H,32,34)/b14-13+/t18-,20?,24?,25?,26?,29?/m1/s1. The van der Waals surface area contributed by atoms with Crippen molar-refractivity contribution < 1.29 is 23.5 Å². The molecule has 1 aromatic heterocycles. The number of hydrogen-bond acceptors (Lipinski definition) is 5. The number of halogens is 1. The van der Waals surface area contributed by atoms with Gasteiger partial charge >= 0.3 is 12.1 Å². The minimum atomic E-state index is -1.08. The summed E-state index contributed by atoms with van der Waals surface area (Å²) >= 11 is 0. The van der Waals surface area contributed by atoms with E-state index in [0.717, 1.165) is 36.1 Å². The monoisotopic (exact) mass is 492 g/mol. The minimum Gasteiger partial charge on any atom is -0.460 e. The molecule has 6 nitrogen and oxygen atoms in total. The maximum absolute atomic E-state index is 13.6. The van der Waals surface area contributed by atoms with Crippen LogP contribution in [0.5, 0.6) is 0 Å². The van der Waals surface area contributed by atoms with E-state index in [1.807, 2.05) is 31.2 Å². The van der Waals surface area contributed by atoms with Gasteiger partial charge in [0.1, 0.15) is 17.5 Å². The Kier molecular flexibility index (Phi) is 6.82. The number of nitrogens with one attached hydrogen (secondary N) is 1. The molecule has 2 heterocycles. The average molecular weight is 493 g/mol. The van der Waals surface area contributed by atoms with Crippen LogP contribution in [0.15, 0.2) is 48.7 Å². The number of hydrogen-bond donors (Lipinski definition) is 1. The van der Waals surface area contributed by atoms with Crippen molar-refractivity contribution in [2.24, 2.45) is 23.7 Å². The summed E-state index contributed by atoms with van der Waals surface area (Å²) in [5.74, 6) is -0.0201. The van der Waals surface area contributed by atoms with Crippen molar-refractivity contribution in [2.45, 2.75) is 57.6 Å². The van der Waals surface area contributed by atoms with Crippen molar-refractivity contribution in [1.29, 1.82) is 0 Å². The van der Waals surface area contributed by atoms with Gasteiger partial charge in [-0.15, -0.1) is 0 Å². The van der Waals surface area contributed by atoms with E-state index in [9.17, 15) is 14.0 Å². The Bertz CT molecular complexity index is 1150. The van der Waals surface area contributed by atoms with E-state index in [4.69, 9.17) is 9.47 Å². The highest BCUT2D eigenvalue weighted by atomic mass is 19.1. The van der Waals surface area contributed by atoms with Crippen molar-refractivity contribution in [3.8, 4) is 11.1 Å². The van der Waals surface area contributed by atoms with Gasteiger partial charge < -0.3 is 14.8 Å². The predicted octanol–water partition coefficient (Wildman–Crippen LogP) is 5.77. The fraction of sp³-hybridized carbons (Fsp3) is 0.483. The second-order valence-corrected chi connectivity index (χ2v) is 10.3. The number of esters is 1. The van der Waals surface area contributed by atoms with E-state index in [0.29, 0.717) is 18.3 Å². The lowest BCUT2D eigenvalue weighted by Crippen LogP contribution is -2.63. The number of carbonyl (C=O) groups is 2. The van der Waals surface area contributed by atoms with E-state index >= 15 is 0 Å². The summed E-state index contributed by atoms with van der Waals surface area (Å²) < 4.78 is 24.6. The molecule has 1 aliphatic heterocycles. The molecule has 5 unspecified atom stereocenters. The third-order valence-electron chi connectivity index (χ3n) is 8.23. The molecule has 2 aromatic rings. The molecule has 1 saturated heterocycles. The number of ether oxygens (including phenoxy) is 2. The number of pyridine rings is 1. The Hall–Kier alpha value is -3.22. The van der Waals surface area contributed by atoms with Crippen LogP contribution in [0.3, 0.4) is 0 Å². The second kappa shape index (κ2) is 10.0. The van der Waals surface area contributed by atoms with Gasteiger partial charge in [0.05, 0.1) is 12.3 Å². The fourth-order valence-corrected chi connectivity index (χ4v) is 6.77. The topological polar surface area (TPSA) is 77.5 Å². The number of allylic oxidation sites excluding steroid dienone is 1. The van der Waals surface area contributed by atoms with Gasteiger partial charge in [0.2, 0.25) is 0 Å². The maximum atomic E-state index is 13.6. The predicted molar refractivity (Wildman–Crippen MR) is 134 cm³/mol. The molecule has 0 radical (unpaired) electrons. The van der Waals surface area contributed by atoms with Gasteiger partial charge in [-0.2, -0.15) is 0 Å². The summed E-state index contributed by atoms with van der Waals surface area (Å²) in [5, 5.41) is 2.95. The number of fused-ring (bicyclic) bond motifs is 2. The lowest BCUT2D eigenvalue weighted by Gasteiger charge is -2.50. The van der Waals surface area contributed by atoms with Crippen molar-refractivity contribution in [2.75, 3.05) is 6.61 Å². The molecule has 190 valence electrons. The molecule has 1 aromatic carbocycles. The number of alkyl carbamates (subject to hydrolysis) is 1. The highest BCUT2D eigenvalue weighted by molar-refractivity contribution is 5.88. The normalized spacial score (nSPS) is 31.4. The molecule has 6 atom stereocenters. The van der Waals surface area contributed by atoms with Crippen LogP contribution >= 0.6 is 0 Å². The van der Waals surface area contributed by atoms with Crippen LogP contribution in [0.4, 0.5) is 9.18 Å². The first-order valence-electron chi connectivity index (χ1n) is 13.0. The van der Waals surface area contributed by atoms with Crippen LogP contribution < -0.4 is 5.32 Å². The van der Waals surface area contributed by atoms with Crippen LogP contribution in [0.2, 0.25) is 0 Å². The molecule has 3 aliphatic rings. The largest absolute Gasteiger partial charge is 0.460 e. The van der Waals surface area contributed by atoms with Crippen molar-refractivity contribution >= 4 is 18.1 Å². The lowest BCUT2D eigenvalue weighted by molar-refractivity contribution is -0.147. The van der Waals surface area contributed by atoms with Crippen molar-refractivity contribution in [3.63, 3.8) is 0 Å². The third kappa shape index (κ3) is 4.51. The maximum Gasteiger partial charge on any atom is 0.408 e. The smallest absolute Gasteiger partial charge is 0.408 e. The van der Waals surface area contributed by atoms with Gasteiger partial charge in [0.15, 0.2) is 0 Å². The lowest BCUT2D eigenvalue weighted by atomic mass is 9.54. The van der Waals surface area contributed by atoms with Crippen LogP contribution in [-0.4, -0.2) is 35.3 Å². The van der Waals surface area contributed by atoms with Crippen LogP contribution in [-0.2, 0) is 14.3 Å². The fourth-order valence-electron chi connectivity index (χ4n) is 6.77. The summed E-state index contributed by atoms with van der Waals surface area (Å²) in [6.07, 6.45) is 10.0. The van der Waals surface area contributed by atoms with Crippen molar-refractivity contribution in [3.05, 3.63) is 60.2 Å². The molecule has 2 aliphatic carbocycles. The summed E-state index contributed by atoms with van der Waals surface area (Å²) in [6.45, 7) is 3.91. The van der Waals surface area contributed by atoms with Gasteiger partial charge in [-0.05, 0) is 74.3 Å². The van der Waals surface area contributed by atoms with E-state index in [2.05, 4.69) is 16.4 Å². The number of cyclic esters (lactones) is 1. The molecular weight excluding hydrogens is 459 g/mol. The van der Waals surface area contributed by atoms with E-state index in [1.54, 1.807) is 19.2 Å². The van der Waals surface area contributed by atoms with Gasteiger partial charge in [-0.1, -0.05) is 43.5 Å². The van der Waals surface area contributed by atoms with Crippen molar-refractivity contribution in [1.82, 2.24) is 10.3 Å². The van der Waals surface area contributed by atoms with E-state index in [1.165, 1.54) is 18.6 Å². The third-order valence-corrected chi connectivity index (χ3v) is 8.23. The molecule has 3 fully saturated rings. The number of rotatable bonds is 5. The quantitative estimate of drug-likeness (QED) is 0.536. The van der Waals surface area contributed by atoms with Crippen LogP contribution in [0.1, 0.15) is 51.6 Å². The number of benzene rings is 1. The molecule has 1 amide bonds. The average Bonchev–Trinajstić information content (AvgIpc) is 3.11. The van der Waals surface area contributed by atoms with Gasteiger partial charge in [-0.3, -0.25) is 4.98 Å². The molecule has 2 saturated carbocycles. The Labute approximate surface area is 211 Å². The number of amides is 1. The highest BCUT2D eigenvalue weighted by Crippen LogP contribution is 2.55. The molecule has 0 bridgehead atoms. The first-order chi connectivity index (χ1) is 17.4. The number of carbonyl (C=O) groups excluding carboxylic acids is 2. The van der Waals surface area contributed by atoms with Gasteiger partial charge in [0.25, 0.3) is 0 Å². The zero-order valence-corrected chi connectivity index (χ0v) is 20.8.